The van der Waals surface area contributed by atoms with Gasteiger partial charge in [-0.05, 0) is 31.7 Å². The second-order valence-corrected chi connectivity index (χ2v) is 7.12. The van der Waals surface area contributed by atoms with Crippen molar-refractivity contribution < 1.29 is 0 Å². The second-order valence-electron chi connectivity index (χ2n) is 6.12. The lowest BCUT2D eigenvalue weighted by atomic mass is 9.76. The van der Waals surface area contributed by atoms with E-state index >= 15 is 0 Å². The van der Waals surface area contributed by atoms with E-state index in [-0.39, 0.29) is 0 Å². The lowest BCUT2D eigenvalue weighted by Crippen LogP contribution is -2.30. The van der Waals surface area contributed by atoms with E-state index in [1.807, 2.05) is 11.3 Å². The molecular formula is C14H25N3S. The first-order chi connectivity index (χ1) is 8.46. The first-order valence-corrected chi connectivity index (χ1v) is 7.66. The third kappa shape index (κ3) is 2.69. The van der Waals surface area contributed by atoms with Crippen LogP contribution in [0.1, 0.15) is 50.2 Å². The van der Waals surface area contributed by atoms with Crippen molar-refractivity contribution in [2.45, 2.75) is 46.1 Å². The maximum absolute atomic E-state index is 4.87. The van der Waals surface area contributed by atoms with Crippen molar-refractivity contribution in [1.29, 1.82) is 0 Å². The average Bonchev–Trinajstić information content (AvgIpc) is 2.70. The molecule has 0 aromatic carbocycles. The topological polar surface area (TPSA) is 28.2 Å². The van der Waals surface area contributed by atoms with Gasteiger partial charge in [0.05, 0.1) is 5.69 Å². The van der Waals surface area contributed by atoms with Gasteiger partial charge >= 0.3 is 0 Å². The van der Waals surface area contributed by atoms with Crippen LogP contribution in [0.3, 0.4) is 0 Å². The van der Waals surface area contributed by atoms with E-state index in [1.165, 1.54) is 28.5 Å². The molecular weight excluding hydrogens is 242 g/mol. The minimum Gasteiger partial charge on any atom is -0.351 e. The van der Waals surface area contributed by atoms with E-state index in [4.69, 9.17) is 4.98 Å². The van der Waals surface area contributed by atoms with E-state index in [0.717, 1.165) is 13.0 Å². The summed E-state index contributed by atoms with van der Waals surface area (Å²) in [5.74, 6) is 0. The SMILES string of the molecule is CCCN(C)c1nc2c(s1)C(NC)CC(C)(C)C2. The molecule has 0 saturated heterocycles. The van der Waals surface area contributed by atoms with Gasteiger partial charge in [0.2, 0.25) is 0 Å². The molecule has 1 aliphatic carbocycles. The van der Waals surface area contributed by atoms with E-state index in [1.54, 1.807) is 0 Å². The van der Waals surface area contributed by atoms with Gasteiger partial charge in [-0.15, -0.1) is 0 Å². The zero-order valence-corrected chi connectivity index (χ0v) is 13.0. The summed E-state index contributed by atoms with van der Waals surface area (Å²) in [7, 11) is 4.21. The summed E-state index contributed by atoms with van der Waals surface area (Å²) in [5, 5.41) is 4.63. The molecule has 4 heteroatoms. The standard InChI is InChI=1S/C14H25N3S/c1-6-7-17(5)13-16-11-9-14(2,3)8-10(15-4)12(11)18-13/h10,15H,6-9H2,1-5H3. The Balaban J connectivity index is 2.29. The minimum absolute atomic E-state index is 0.356. The van der Waals surface area contributed by atoms with Crippen molar-refractivity contribution in [2.24, 2.45) is 5.41 Å². The van der Waals surface area contributed by atoms with Crippen molar-refractivity contribution in [3.63, 3.8) is 0 Å². The molecule has 1 atom stereocenters. The summed E-state index contributed by atoms with van der Waals surface area (Å²) < 4.78 is 0. The fraction of sp³-hybridized carbons (Fsp3) is 0.786. The highest BCUT2D eigenvalue weighted by Gasteiger charge is 2.34. The number of rotatable bonds is 4. The van der Waals surface area contributed by atoms with E-state index in [9.17, 15) is 0 Å². The molecule has 0 radical (unpaired) electrons. The molecule has 102 valence electrons. The molecule has 1 aromatic heterocycles. The van der Waals surface area contributed by atoms with Crippen LogP contribution in [0.25, 0.3) is 0 Å². The largest absolute Gasteiger partial charge is 0.351 e. The number of hydrogen-bond acceptors (Lipinski definition) is 4. The van der Waals surface area contributed by atoms with E-state index in [0.29, 0.717) is 11.5 Å². The lowest BCUT2D eigenvalue weighted by Gasteiger charge is -2.34. The van der Waals surface area contributed by atoms with Crippen LogP contribution in [0.4, 0.5) is 5.13 Å². The summed E-state index contributed by atoms with van der Waals surface area (Å²) in [4.78, 5) is 8.60. The Labute approximate surface area is 115 Å². The molecule has 1 aliphatic rings. The zero-order valence-electron chi connectivity index (χ0n) is 12.2. The van der Waals surface area contributed by atoms with Gasteiger partial charge in [-0.25, -0.2) is 4.98 Å². The molecule has 1 unspecified atom stereocenters. The van der Waals surface area contributed by atoms with Crippen molar-refractivity contribution in [2.75, 3.05) is 25.5 Å². The molecule has 3 nitrogen and oxygen atoms in total. The van der Waals surface area contributed by atoms with Crippen LogP contribution in [0, 0.1) is 5.41 Å². The quantitative estimate of drug-likeness (QED) is 0.908. The number of nitrogens with one attached hydrogen (secondary N) is 1. The number of fused-ring (bicyclic) bond motifs is 1. The number of thiazole rings is 1. The third-order valence-corrected chi connectivity index (χ3v) is 5.00. The van der Waals surface area contributed by atoms with Crippen molar-refractivity contribution >= 4 is 16.5 Å². The normalized spacial score (nSPS) is 21.7. The van der Waals surface area contributed by atoms with Gasteiger partial charge in [0.25, 0.3) is 0 Å². The third-order valence-electron chi connectivity index (χ3n) is 3.67. The van der Waals surface area contributed by atoms with Crippen molar-refractivity contribution in [3.05, 3.63) is 10.6 Å². The summed E-state index contributed by atoms with van der Waals surface area (Å²) in [6.45, 7) is 7.98. The van der Waals surface area contributed by atoms with Crippen LogP contribution in [-0.2, 0) is 6.42 Å². The van der Waals surface area contributed by atoms with Crippen LogP contribution >= 0.6 is 11.3 Å². The highest BCUT2D eigenvalue weighted by molar-refractivity contribution is 7.15. The molecule has 0 bridgehead atoms. The van der Waals surface area contributed by atoms with Crippen LogP contribution in [0.2, 0.25) is 0 Å². The Hall–Kier alpha value is -0.610. The van der Waals surface area contributed by atoms with Gasteiger partial charge in [-0.1, -0.05) is 32.1 Å². The van der Waals surface area contributed by atoms with Gasteiger partial charge in [-0.3, -0.25) is 0 Å². The van der Waals surface area contributed by atoms with Crippen LogP contribution in [-0.4, -0.2) is 25.6 Å². The molecule has 18 heavy (non-hydrogen) atoms. The number of hydrogen-bond donors (Lipinski definition) is 1. The molecule has 0 aliphatic heterocycles. The van der Waals surface area contributed by atoms with Crippen LogP contribution < -0.4 is 10.2 Å². The van der Waals surface area contributed by atoms with Gasteiger partial charge in [-0.2, -0.15) is 0 Å². The van der Waals surface area contributed by atoms with E-state index in [2.05, 4.69) is 45.1 Å². The lowest BCUT2D eigenvalue weighted by molar-refractivity contribution is 0.265. The number of anilines is 1. The van der Waals surface area contributed by atoms with Crippen molar-refractivity contribution in [3.8, 4) is 0 Å². The fourth-order valence-corrected chi connectivity index (χ4v) is 3.93. The average molecular weight is 267 g/mol. The van der Waals surface area contributed by atoms with Gasteiger partial charge < -0.3 is 10.2 Å². The molecule has 0 fully saturated rings. The molecule has 0 saturated carbocycles. The Kier molecular flexibility index (Phi) is 3.97. The molecule has 0 spiro atoms. The Bertz CT molecular complexity index is 411. The van der Waals surface area contributed by atoms with Crippen LogP contribution in [0.15, 0.2) is 0 Å². The maximum atomic E-state index is 4.87. The Morgan fingerprint density at radius 1 is 1.50 bits per heavy atom. The molecule has 1 aromatic rings. The minimum atomic E-state index is 0.356. The monoisotopic (exact) mass is 267 g/mol. The number of aromatic nitrogens is 1. The number of nitrogens with zero attached hydrogens (tertiary/aromatic N) is 2. The van der Waals surface area contributed by atoms with Gasteiger partial charge in [0, 0.05) is 24.5 Å². The Morgan fingerprint density at radius 3 is 2.83 bits per heavy atom. The van der Waals surface area contributed by atoms with Gasteiger partial charge in [0.1, 0.15) is 0 Å². The molecule has 1 N–H and O–H groups in total. The molecule has 1 heterocycles. The fourth-order valence-electron chi connectivity index (χ4n) is 2.75. The van der Waals surface area contributed by atoms with Crippen molar-refractivity contribution in [1.82, 2.24) is 10.3 Å². The highest BCUT2D eigenvalue weighted by atomic mass is 32.1. The summed E-state index contributed by atoms with van der Waals surface area (Å²) in [6.07, 6.45) is 3.48. The smallest absolute Gasteiger partial charge is 0.185 e. The molecule has 0 amide bonds. The predicted molar refractivity (Wildman–Crippen MR) is 79.6 cm³/mol. The maximum Gasteiger partial charge on any atom is 0.185 e. The zero-order chi connectivity index (χ0) is 13.3. The molecule has 2 rings (SSSR count). The summed E-state index contributed by atoms with van der Waals surface area (Å²) >= 11 is 1.87. The predicted octanol–water partition coefficient (Wildman–Crippen LogP) is 3.22. The highest BCUT2D eigenvalue weighted by Crippen LogP contribution is 2.44. The Morgan fingerprint density at radius 2 is 2.22 bits per heavy atom. The first-order valence-electron chi connectivity index (χ1n) is 6.85. The van der Waals surface area contributed by atoms with Crippen LogP contribution in [0.5, 0.6) is 0 Å². The van der Waals surface area contributed by atoms with E-state index < -0.39 is 0 Å². The summed E-state index contributed by atoms with van der Waals surface area (Å²) in [5.41, 5.74) is 1.67. The second kappa shape index (κ2) is 5.17. The summed E-state index contributed by atoms with van der Waals surface area (Å²) in [6, 6.07) is 0.477. The van der Waals surface area contributed by atoms with Gasteiger partial charge in [0.15, 0.2) is 5.13 Å². The first kappa shape index (κ1) is 13.8.